The van der Waals surface area contributed by atoms with E-state index in [0.29, 0.717) is 25.0 Å². The number of nitrogens with zero attached hydrogens (tertiary/aromatic N) is 1. The van der Waals surface area contributed by atoms with Gasteiger partial charge in [0.25, 0.3) is 0 Å². The molecular weight excluding hydrogens is 248 g/mol. The molecule has 1 aromatic rings. The number of hydrogen-bond acceptors (Lipinski definition) is 3. The van der Waals surface area contributed by atoms with Crippen LogP contribution in [0.3, 0.4) is 0 Å². The lowest BCUT2D eigenvalue weighted by Crippen LogP contribution is -2.51. The molecule has 1 aromatic carbocycles. The van der Waals surface area contributed by atoms with Crippen molar-refractivity contribution in [1.29, 1.82) is 0 Å². The molecule has 1 fully saturated rings. The number of rotatable bonds is 6. The van der Waals surface area contributed by atoms with Gasteiger partial charge in [0.05, 0.1) is 5.60 Å². The molecule has 0 radical (unpaired) electrons. The highest BCUT2D eigenvalue weighted by Gasteiger charge is 2.32. The fourth-order valence-electron chi connectivity index (χ4n) is 3.18. The Morgan fingerprint density at radius 2 is 1.95 bits per heavy atom. The molecule has 1 atom stereocenters. The molecule has 3 heteroatoms. The Balaban J connectivity index is 1.76. The third kappa shape index (κ3) is 4.05. The van der Waals surface area contributed by atoms with Crippen LogP contribution >= 0.6 is 0 Å². The van der Waals surface area contributed by atoms with E-state index in [0.717, 1.165) is 0 Å². The van der Waals surface area contributed by atoms with Crippen LogP contribution in [0.5, 0.6) is 0 Å². The average molecular weight is 276 g/mol. The summed E-state index contributed by atoms with van der Waals surface area (Å²) >= 11 is 0. The number of benzene rings is 1. The molecule has 2 N–H and O–H groups in total. The van der Waals surface area contributed by atoms with E-state index in [-0.39, 0.29) is 0 Å². The van der Waals surface area contributed by atoms with Crippen LogP contribution in [0.2, 0.25) is 0 Å². The highest BCUT2D eigenvalue weighted by Crippen LogP contribution is 2.38. The highest BCUT2D eigenvalue weighted by atomic mass is 16.3. The summed E-state index contributed by atoms with van der Waals surface area (Å²) in [5.41, 5.74) is 2.23. The summed E-state index contributed by atoms with van der Waals surface area (Å²) in [5, 5.41) is 13.8. The molecular formula is C17H28N2O. The van der Waals surface area contributed by atoms with E-state index in [1.165, 1.54) is 24.0 Å². The Kier molecular flexibility index (Phi) is 4.84. The van der Waals surface area contributed by atoms with E-state index in [1.807, 2.05) is 25.9 Å². The van der Waals surface area contributed by atoms with E-state index in [2.05, 4.69) is 36.5 Å². The Labute approximate surface area is 123 Å². The van der Waals surface area contributed by atoms with E-state index in [4.69, 9.17) is 0 Å². The van der Waals surface area contributed by atoms with Gasteiger partial charge in [-0.2, -0.15) is 0 Å². The average Bonchev–Trinajstić information content (AvgIpc) is 2.27. The summed E-state index contributed by atoms with van der Waals surface area (Å²) in [7, 11) is 3.98. The van der Waals surface area contributed by atoms with Crippen LogP contribution in [0.1, 0.15) is 36.8 Å². The van der Waals surface area contributed by atoms with Crippen molar-refractivity contribution in [2.45, 2.75) is 44.2 Å². The zero-order chi connectivity index (χ0) is 14.8. The molecule has 0 aromatic heterocycles. The van der Waals surface area contributed by atoms with Crippen molar-refractivity contribution in [3.63, 3.8) is 0 Å². The van der Waals surface area contributed by atoms with Crippen molar-refractivity contribution in [3.05, 3.63) is 35.4 Å². The molecule has 0 heterocycles. The molecule has 0 spiro atoms. The van der Waals surface area contributed by atoms with E-state index in [1.54, 1.807) is 0 Å². The van der Waals surface area contributed by atoms with Crippen molar-refractivity contribution in [1.82, 2.24) is 10.2 Å². The number of aryl methyl sites for hydroxylation is 1. The molecule has 0 amide bonds. The van der Waals surface area contributed by atoms with Crippen LogP contribution in [-0.4, -0.2) is 48.8 Å². The monoisotopic (exact) mass is 276 g/mol. The van der Waals surface area contributed by atoms with Crippen molar-refractivity contribution in [2.24, 2.45) is 0 Å². The minimum Gasteiger partial charge on any atom is -0.388 e. The number of hydrogen-bond donors (Lipinski definition) is 2. The maximum absolute atomic E-state index is 10.3. The first-order chi connectivity index (χ1) is 9.37. The quantitative estimate of drug-likeness (QED) is 0.835. The highest BCUT2D eigenvalue weighted by molar-refractivity contribution is 5.31. The van der Waals surface area contributed by atoms with Gasteiger partial charge < -0.3 is 15.3 Å². The first kappa shape index (κ1) is 15.5. The van der Waals surface area contributed by atoms with Crippen LogP contribution in [0.25, 0.3) is 0 Å². The van der Waals surface area contributed by atoms with Gasteiger partial charge in [-0.15, -0.1) is 0 Å². The number of nitrogens with one attached hydrogen (secondary N) is 1. The lowest BCUT2D eigenvalue weighted by Gasteiger charge is -2.39. The maximum atomic E-state index is 10.3. The first-order valence-corrected chi connectivity index (χ1v) is 7.53. The topological polar surface area (TPSA) is 35.5 Å². The molecule has 3 nitrogen and oxygen atoms in total. The molecule has 1 aliphatic carbocycles. The Hall–Kier alpha value is -0.900. The van der Waals surface area contributed by atoms with Gasteiger partial charge in [0.15, 0.2) is 0 Å². The number of aliphatic hydroxyl groups is 1. The van der Waals surface area contributed by atoms with Gasteiger partial charge in [0.2, 0.25) is 0 Å². The Morgan fingerprint density at radius 3 is 2.55 bits per heavy atom. The van der Waals surface area contributed by atoms with Crippen molar-refractivity contribution in [2.75, 3.05) is 27.2 Å². The van der Waals surface area contributed by atoms with Gasteiger partial charge in [-0.05, 0) is 57.8 Å². The van der Waals surface area contributed by atoms with Crippen LogP contribution in [0.15, 0.2) is 24.3 Å². The third-order valence-electron chi connectivity index (χ3n) is 4.19. The van der Waals surface area contributed by atoms with Crippen molar-refractivity contribution >= 4 is 0 Å². The summed E-state index contributed by atoms with van der Waals surface area (Å²) < 4.78 is 0. The van der Waals surface area contributed by atoms with E-state index >= 15 is 0 Å². The zero-order valence-electron chi connectivity index (χ0n) is 13.2. The Morgan fingerprint density at radius 1 is 1.30 bits per heavy atom. The Bertz CT molecular complexity index is 436. The fourth-order valence-corrected chi connectivity index (χ4v) is 3.18. The van der Waals surface area contributed by atoms with Gasteiger partial charge in [-0.3, -0.25) is 0 Å². The zero-order valence-corrected chi connectivity index (χ0v) is 13.2. The predicted octanol–water partition coefficient (Wildman–Crippen LogP) is 2.14. The summed E-state index contributed by atoms with van der Waals surface area (Å²) in [6, 6.07) is 9.22. The molecule has 0 saturated heterocycles. The van der Waals surface area contributed by atoms with E-state index in [9.17, 15) is 5.11 Å². The number of likely N-dealkylation sites (N-methyl/N-ethyl adjacent to an activating group) is 1. The van der Waals surface area contributed by atoms with Gasteiger partial charge in [-0.25, -0.2) is 0 Å². The minimum absolute atomic E-state index is 0.549. The summed E-state index contributed by atoms with van der Waals surface area (Å²) in [4.78, 5) is 2.03. The maximum Gasteiger partial charge on any atom is 0.0869 e. The van der Waals surface area contributed by atoms with Gasteiger partial charge in [0.1, 0.15) is 0 Å². The molecule has 1 unspecified atom stereocenters. The van der Waals surface area contributed by atoms with E-state index < -0.39 is 5.60 Å². The van der Waals surface area contributed by atoms with Crippen LogP contribution in [0, 0.1) is 6.92 Å². The summed E-state index contributed by atoms with van der Waals surface area (Å²) in [6.45, 7) is 5.44. The lowest BCUT2D eigenvalue weighted by atomic mass is 9.74. The summed E-state index contributed by atoms with van der Waals surface area (Å²) in [6.07, 6.45) is 2.37. The van der Waals surface area contributed by atoms with Gasteiger partial charge in [0, 0.05) is 19.1 Å². The summed E-state index contributed by atoms with van der Waals surface area (Å²) in [5.74, 6) is 0.687. The third-order valence-corrected chi connectivity index (χ3v) is 4.19. The fraction of sp³-hybridized carbons (Fsp3) is 0.647. The molecule has 1 saturated carbocycles. The van der Waals surface area contributed by atoms with Crippen LogP contribution < -0.4 is 5.32 Å². The molecule has 0 bridgehead atoms. The molecule has 2 rings (SSSR count). The lowest BCUT2D eigenvalue weighted by molar-refractivity contribution is 0.0277. The second kappa shape index (κ2) is 6.25. The molecule has 0 aliphatic heterocycles. The minimum atomic E-state index is -0.656. The first-order valence-electron chi connectivity index (χ1n) is 7.53. The largest absolute Gasteiger partial charge is 0.388 e. The van der Waals surface area contributed by atoms with Crippen LogP contribution in [-0.2, 0) is 0 Å². The second-order valence-corrected chi connectivity index (χ2v) is 6.84. The standard InChI is InChI=1S/C17H28N2O/c1-13-7-5-6-8-16(13)14-9-15(10-14)18-11-17(2,20)12-19(3)4/h5-8,14-15,18,20H,9-12H2,1-4H3. The normalized spacial score (nSPS) is 25.3. The van der Waals surface area contributed by atoms with Crippen molar-refractivity contribution in [3.8, 4) is 0 Å². The van der Waals surface area contributed by atoms with Gasteiger partial charge in [-0.1, -0.05) is 24.3 Å². The SMILES string of the molecule is Cc1ccccc1C1CC(NCC(C)(O)CN(C)C)C1. The van der Waals surface area contributed by atoms with Crippen molar-refractivity contribution < 1.29 is 5.11 Å². The smallest absolute Gasteiger partial charge is 0.0869 e. The molecule has 1 aliphatic rings. The predicted molar refractivity (Wildman–Crippen MR) is 84.1 cm³/mol. The molecule has 112 valence electrons. The van der Waals surface area contributed by atoms with Gasteiger partial charge >= 0.3 is 0 Å². The second-order valence-electron chi connectivity index (χ2n) is 6.84. The molecule has 20 heavy (non-hydrogen) atoms. The van der Waals surface area contributed by atoms with Crippen LogP contribution in [0.4, 0.5) is 0 Å².